The molecule has 0 fully saturated rings. The van der Waals surface area contributed by atoms with Crippen molar-refractivity contribution in [1.29, 1.82) is 0 Å². The van der Waals surface area contributed by atoms with Crippen LogP contribution in [0.1, 0.15) is 30.5 Å². The molecule has 0 radical (unpaired) electrons. The largest absolute Gasteiger partial charge is 0.465 e. The van der Waals surface area contributed by atoms with Gasteiger partial charge in [0.2, 0.25) is 0 Å². The van der Waals surface area contributed by atoms with Crippen LogP contribution in [0.5, 0.6) is 0 Å². The van der Waals surface area contributed by atoms with Crippen LogP contribution < -0.4 is 5.32 Å². The lowest BCUT2D eigenvalue weighted by atomic mass is 10.1. The van der Waals surface area contributed by atoms with Crippen molar-refractivity contribution in [2.75, 3.05) is 26.1 Å². The number of esters is 3. The summed E-state index contributed by atoms with van der Waals surface area (Å²) in [5, 5.41) is 6.24. The zero-order chi connectivity index (χ0) is 23.8. The lowest BCUT2D eigenvalue weighted by Crippen LogP contribution is -2.21. The number of thiophene rings is 2. The van der Waals surface area contributed by atoms with Gasteiger partial charge in [-0.25, -0.2) is 14.4 Å². The molecule has 10 heteroatoms. The van der Waals surface area contributed by atoms with Gasteiger partial charge in [0, 0.05) is 15.4 Å². The van der Waals surface area contributed by atoms with Crippen molar-refractivity contribution in [3.63, 3.8) is 0 Å². The number of anilines is 1. The van der Waals surface area contributed by atoms with Gasteiger partial charge in [-0.1, -0.05) is 12.1 Å². The molecule has 0 aliphatic heterocycles. The zero-order valence-electron chi connectivity index (χ0n) is 17.7. The Morgan fingerprint density at radius 3 is 2.09 bits per heavy atom. The van der Waals surface area contributed by atoms with Gasteiger partial charge in [0.05, 0.1) is 30.9 Å². The second kappa shape index (κ2) is 11.2. The van der Waals surface area contributed by atoms with Gasteiger partial charge in [0.15, 0.2) is 6.61 Å². The zero-order valence-corrected chi connectivity index (χ0v) is 19.3. The third-order valence-corrected chi connectivity index (χ3v) is 5.95. The SMILES string of the molecule is COC(=O)c1cc(NC(=O)COC(=O)C(=Cc2cccs2)c2cccs2)cc(C(=O)OC)c1. The molecule has 0 aliphatic rings. The van der Waals surface area contributed by atoms with Gasteiger partial charge in [-0.15, -0.1) is 22.7 Å². The number of hydrogen-bond donors (Lipinski definition) is 1. The highest BCUT2D eigenvalue weighted by Gasteiger charge is 2.18. The lowest BCUT2D eigenvalue weighted by molar-refractivity contribution is -0.141. The molecule has 0 unspecified atom stereocenters. The van der Waals surface area contributed by atoms with E-state index in [1.54, 1.807) is 12.1 Å². The van der Waals surface area contributed by atoms with Gasteiger partial charge >= 0.3 is 17.9 Å². The van der Waals surface area contributed by atoms with Gasteiger partial charge < -0.3 is 19.5 Å². The van der Waals surface area contributed by atoms with Crippen LogP contribution >= 0.6 is 22.7 Å². The first-order chi connectivity index (χ1) is 15.9. The first-order valence-corrected chi connectivity index (χ1v) is 11.2. The molecule has 0 atom stereocenters. The van der Waals surface area contributed by atoms with Crippen molar-refractivity contribution in [2.45, 2.75) is 0 Å². The first-order valence-electron chi connectivity index (χ1n) is 9.49. The molecule has 2 heterocycles. The monoisotopic (exact) mass is 485 g/mol. The summed E-state index contributed by atoms with van der Waals surface area (Å²) in [5.41, 5.74) is 0.575. The summed E-state index contributed by atoms with van der Waals surface area (Å²) >= 11 is 2.85. The Hall–Kier alpha value is -3.76. The Bertz CT molecular complexity index is 1150. The number of rotatable bonds is 8. The van der Waals surface area contributed by atoms with E-state index in [1.165, 1.54) is 55.1 Å². The maximum atomic E-state index is 12.7. The Balaban J connectivity index is 1.72. The summed E-state index contributed by atoms with van der Waals surface area (Å²) in [6, 6.07) is 11.3. The number of benzene rings is 1. The summed E-state index contributed by atoms with van der Waals surface area (Å²) < 4.78 is 14.6. The predicted molar refractivity (Wildman–Crippen MR) is 125 cm³/mol. The Morgan fingerprint density at radius 1 is 0.909 bits per heavy atom. The molecule has 170 valence electrons. The molecule has 8 nitrogen and oxygen atoms in total. The molecule has 0 bridgehead atoms. The molecule has 0 aliphatic carbocycles. The number of carbonyl (C=O) groups excluding carboxylic acids is 4. The van der Waals surface area contributed by atoms with Crippen molar-refractivity contribution < 1.29 is 33.4 Å². The van der Waals surface area contributed by atoms with Crippen LogP contribution in [0.25, 0.3) is 11.6 Å². The number of methoxy groups -OCH3 is 2. The molecular formula is C23H19NO7S2. The molecule has 1 amide bonds. The minimum Gasteiger partial charge on any atom is -0.465 e. The molecular weight excluding hydrogens is 466 g/mol. The van der Waals surface area contributed by atoms with Gasteiger partial charge in [0.1, 0.15) is 0 Å². The van der Waals surface area contributed by atoms with Crippen molar-refractivity contribution in [3.8, 4) is 0 Å². The summed E-state index contributed by atoms with van der Waals surface area (Å²) in [6.45, 7) is -0.567. The van der Waals surface area contributed by atoms with Crippen LogP contribution in [0, 0.1) is 0 Å². The van der Waals surface area contributed by atoms with E-state index in [4.69, 9.17) is 4.74 Å². The van der Waals surface area contributed by atoms with E-state index in [0.717, 1.165) is 4.88 Å². The van der Waals surface area contributed by atoms with Crippen LogP contribution in [0.2, 0.25) is 0 Å². The summed E-state index contributed by atoms with van der Waals surface area (Å²) in [6.07, 6.45) is 1.71. The van der Waals surface area contributed by atoms with Gasteiger partial charge in [0.25, 0.3) is 5.91 Å². The van der Waals surface area contributed by atoms with Crippen LogP contribution in [0.3, 0.4) is 0 Å². The van der Waals surface area contributed by atoms with Crippen LogP contribution in [-0.4, -0.2) is 44.6 Å². The molecule has 0 saturated carbocycles. The average Bonchev–Trinajstić information content (AvgIpc) is 3.54. The van der Waals surface area contributed by atoms with E-state index in [1.807, 2.05) is 29.0 Å². The molecule has 1 N–H and O–H groups in total. The number of ether oxygens (including phenoxy) is 3. The highest BCUT2D eigenvalue weighted by Crippen LogP contribution is 2.26. The fourth-order valence-corrected chi connectivity index (χ4v) is 4.14. The quantitative estimate of drug-likeness (QED) is 0.291. The molecule has 0 saturated heterocycles. The fourth-order valence-electron chi connectivity index (χ4n) is 2.76. The van der Waals surface area contributed by atoms with Gasteiger partial charge in [-0.2, -0.15) is 0 Å². The van der Waals surface area contributed by atoms with E-state index >= 15 is 0 Å². The van der Waals surface area contributed by atoms with Crippen LogP contribution in [0.4, 0.5) is 5.69 Å². The highest BCUT2D eigenvalue weighted by molar-refractivity contribution is 7.12. The van der Waals surface area contributed by atoms with E-state index in [2.05, 4.69) is 14.8 Å². The van der Waals surface area contributed by atoms with E-state index in [0.29, 0.717) is 10.5 Å². The smallest absolute Gasteiger partial charge is 0.340 e. The van der Waals surface area contributed by atoms with E-state index in [9.17, 15) is 19.2 Å². The summed E-state index contributed by atoms with van der Waals surface area (Å²) in [4.78, 5) is 50.5. The molecule has 3 rings (SSSR count). The normalized spacial score (nSPS) is 10.9. The molecule has 1 aromatic carbocycles. The number of amides is 1. The average molecular weight is 486 g/mol. The fraction of sp³-hybridized carbons (Fsp3) is 0.130. The third-order valence-electron chi connectivity index (χ3n) is 4.23. The number of nitrogens with one attached hydrogen (secondary N) is 1. The van der Waals surface area contributed by atoms with Crippen molar-refractivity contribution in [2.24, 2.45) is 0 Å². The molecule has 2 aromatic heterocycles. The van der Waals surface area contributed by atoms with Crippen molar-refractivity contribution in [3.05, 3.63) is 74.1 Å². The molecule has 3 aromatic rings. The Labute approximate surface area is 197 Å². The highest BCUT2D eigenvalue weighted by atomic mass is 32.1. The van der Waals surface area contributed by atoms with E-state index < -0.39 is 30.4 Å². The molecule has 33 heavy (non-hydrogen) atoms. The number of hydrogen-bond acceptors (Lipinski definition) is 9. The second-order valence-electron chi connectivity index (χ2n) is 6.46. The van der Waals surface area contributed by atoms with Crippen molar-refractivity contribution >= 4 is 63.8 Å². The second-order valence-corrected chi connectivity index (χ2v) is 8.38. The number of carbonyl (C=O) groups is 4. The summed E-state index contributed by atoms with van der Waals surface area (Å²) in [5.74, 6) is -2.69. The summed E-state index contributed by atoms with van der Waals surface area (Å²) in [7, 11) is 2.39. The van der Waals surface area contributed by atoms with Crippen molar-refractivity contribution in [1.82, 2.24) is 0 Å². The third kappa shape index (κ3) is 6.37. The minimum absolute atomic E-state index is 0.0477. The Kier molecular flexibility index (Phi) is 8.11. The van der Waals surface area contributed by atoms with Gasteiger partial charge in [-0.3, -0.25) is 4.79 Å². The Morgan fingerprint density at radius 2 is 1.55 bits per heavy atom. The predicted octanol–water partition coefficient (Wildman–Crippen LogP) is 4.11. The maximum absolute atomic E-state index is 12.7. The lowest BCUT2D eigenvalue weighted by Gasteiger charge is -2.10. The van der Waals surface area contributed by atoms with Gasteiger partial charge in [-0.05, 0) is 47.2 Å². The standard InChI is InChI=1S/C23H19NO7S2/c1-29-21(26)14-9-15(22(27)30-2)11-16(10-14)24-20(25)13-31-23(28)18(19-6-4-8-33-19)12-17-5-3-7-32-17/h3-12H,13H2,1-2H3,(H,24,25). The van der Waals surface area contributed by atoms with E-state index in [-0.39, 0.29) is 16.8 Å². The molecule has 0 spiro atoms. The topological polar surface area (TPSA) is 108 Å². The maximum Gasteiger partial charge on any atom is 0.340 e. The minimum atomic E-state index is -0.693. The van der Waals surface area contributed by atoms with Crippen LogP contribution in [0.15, 0.2) is 53.2 Å². The van der Waals surface area contributed by atoms with Crippen LogP contribution in [-0.2, 0) is 23.8 Å². The first kappa shape index (κ1) is 23.9.